The van der Waals surface area contributed by atoms with E-state index in [0.29, 0.717) is 23.4 Å². The van der Waals surface area contributed by atoms with E-state index in [0.717, 1.165) is 37.7 Å². The molecule has 2 atom stereocenters. The van der Waals surface area contributed by atoms with Crippen molar-refractivity contribution >= 4 is 38.8 Å². The number of ketones is 1. The molecule has 2 aliphatic rings. The number of hydrogen-bond acceptors (Lipinski definition) is 7. The molecule has 1 aromatic heterocycles. The molecule has 1 aliphatic carbocycles. The van der Waals surface area contributed by atoms with Crippen LogP contribution in [0.1, 0.15) is 75.4 Å². The number of Topliss-reactive ketones (excluding diaryl/α,β-unsaturated/α-hetero) is 1. The molecule has 0 radical (unpaired) electrons. The standard InChI is InChI=1S/C32H38N2O7S/c1-32(2,3)41-31(37)34-17-16-25(22-10-6-4-7-11-22)29(34)26(35)19-21-14-15-27-23(18-21)20-28(40-27)30(36)33-42(38,39)24-12-8-5-9-13-24/h5,8-9,12-15,18,20,22,25,29H,4,6-7,10-11,16-17,19H2,1-3H3,(H,33,36)/t25-,29-/m0/s1. The first-order chi connectivity index (χ1) is 19.9. The minimum absolute atomic E-state index is 0.0332. The SMILES string of the molecule is CC(C)(C)OC(=O)N1CC[C@@H](C2CCCCC2)[C@H]1C(=O)Cc1ccc2oc(C(=O)NS(=O)(=O)c3ccccc3)cc2c1. The number of benzene rings is 2. The van der Waals surface area contributed by atoms with Gasteiger partial charge in [-0.05, 0) is 74.9 Å². The molecule has 3 aromatic rings. The lowest BCUT2D eigenvalue weighted by Crippen LogP contribution is -2.47. The Balaban J connectivity index is 1.34. The van der Waals surface area contributed by atoms with Crippen LogP contribution in [-0.2, 0) is 26.0 Å². The molecule has 224 valence electrons. The van der Waals surface area contributed by atoms with Crippen LogP contribution in [0.25, 0.3) is 11.0 Å². The van der Waals surface area contributed by atoms with Gasteiger partial charge in [-0.1, -0.05) is 56.4 Å². The minimum Gasteiger partial charge on any atom is -0.451 e. The third kappa shape index (κ3) is 6.69. The van der Waals surface area contributed by atoms with Crippen molar-refractivity contribution in [3.63, 3.8) is 0 Å². The number of furan rings is 1. The predicted octanol–water partition coefficient (Wildman–Crippen LogP) is 5.87. The molecule has 10 heteroatoms. The fourth-order valence-corrected chi connectivity index (χ4v) is 7.24. The van der Waals surface area contributed by atoms with Crippen molar-refractivity contribution in [1.82, 2.24) is 9.62 Å². The van der Waals surface area contributed by atoms with E-state index < -0.39 is 33.7 Å². The molecule has 2 aromatic carbocycles. The van der Waals surface area contributed by atoms with Crippen molar-refractivity contribution in [2.75, 3.05) is 6.54 Å². The molecular weight excluding hydrogens is 556 g/mol. The number of nitrogens with zero attached hydrogens (tertiary/aromatic N) is 1. The van der Waals surface area contributed by atoms with Gasteiger partial charge in [0, 0.05) is 18.4 Å². The van der Waals surface area contributed by atoms with E-state index in [1.54, 1.807) is 41.3 Å². The highest BCUT2D eigenvalue weighted by atomic mass is 32.2. The lowest BCUT2D eigenvalue weighted by Gasteiger charge is -2.34. The van der Waals surface area contributed by atoms with E-state index >= 15 is 0 Å². The average Bonchev–Trinajstić information content (AvgIpc) is 3.58. The Hall–Kier alpha value is -3.66. The fraction of sp³-hybridized carbons (Fsp3) is 0.469. The summed E-state index contributed by atoms with van der Waals surface area (Å²) in [6.45, 7) is 5.96. The van der Waals surface area contributed by atoms with Crippen LogP contribution in [0.2, 0.25) is 0 Å². The monoisotopic (exact) mass is 594 g/mol. The molecule has 42 heavy (non-hydrogen) atoms. The fourth-order valence-electron chi connectivity index (χ4n) is 6.26. The van der Waals surface area contributed by atoms with Gasteiger partial charge in [0.15, 0.2) is 11.5 Å². The normalized spacial score (nSPS) is 20.0. The number of carbonyl (C=O) groups is 3. The van der Waals surface area contributed by atoms with Gasteiger partial charge in [0.05, 0.1) is 10.9 Å². The molecule has 2 heterocycles. The van der Waals surface area contributed by atoms with Gasteiger partial charge in [-0.3, -0.25) is 14.5 Å². The first-order valence-electron chi connectivity index (χ1n) is 14.6. The van der Waals surface area contributed by atoms with E-state index in [-0.39, 0.29) is 28.8 Å². The number of rotatable bonds is 7. The number of ether oxygens (including phenoxy) is 1. The Morgan fingerprint density at radius 2 is 1.69 bits per heavy atom. The predicted molar refractivity (Wildman–Crippen MR) is 157 cm³/mol. The minimum atomic E-state index is -4.06. The number of likely N-dealkylation sites (tertiary alicyclic amines) is 1. The summed E-state index contributed by atoms with van der Waals surface area (Å²) >= 11 is 0. The molecule has 0 spiro atoms. The quantitative estimate of drug-likeness (QED) is 0.363. The van der Waals surface area contributed by atoms with Crippen molar-refractivity contribution < 1.29 is 32.0 Å². The Morgan fingerprint density at radius 1 is 0.976 bits per heavy atom. The molecule has 9 nitrogen and oxygen atoms in total. The second kappa shape index (κ2) is 11.9. The number of amides is 2. The lowest BCUT2D eigenvalue weighted by atomic mass is 9.75. The Morgan fingerprint density at radius 3 is 2.38 bits per heavy atom. The molecule has 1 saturated carbocycles. The summed E-state index contributed by atoms with van der Waals surface area (Å²) in [4.78, 5) is 41.4. The lowest BCUT2D eigenvalue weighted by molar-refractivity contribution is -0.124. The largest absolute Gasteiger partial charge is 0.451 e. The Labute approximate surface area is 246 Å². The summed E-state index contributed by atoms with van der Waals surface area (Å²) in [7, 11) is -4.06. The first kappa shape index (κ1) is 29.8. The van der Waals surface area contributed by atoms with Gasteiger partial charge in [-0.15, -0.1) is 0 Å². The molecule has 1 N–H and O–H groups in total. The summed E-state index contributed by atoms with van der Waals surface area (Å²) in [5, 5.41) is 0.571. The van der Waals surface area contributed by atoms with Crippen LogP contribution in [0, 0.1) is 11.8 Å². The molecular formula is C32H38N2O7S. The topological polar surface area (TPSA) is 123 Å². The Kier molecular flexibility index (Phi) is 8.46. The van der Waals surface area contributed by atoms with Crippen LogP contribution >= 0.6 is 0 Å². The summed E-state index contributed by atoms with van der Waals surface area (Å²) < 4.78 is 38.5. The summed E-state index contributed by atoms with van der Waals surface area (Å²) in [6, 6.07) is 13.7. The van der Waals surface area contributed by atoms with Gasteiger partial charge < -0.3 is 9.15 Å². The van der Waals surface area contributed by atoms with Crippen LogP contribution in [0.5, 0.6) is 0 Å². The van der Waals surface area contributed by atoms with Crippen molar-refractivity contribution in [2.45, 2.75) is 82.3 Å². The van der Waals surface area contributed by atoms with Crippen LogP contribution in [-0.4, -0.2) is 49.3 Å². The molecule has 1 saturated heterocycles. The molecule has 2 fully saturated rings. The van der Waals surface area contributed by atoms with E-state index in [1.165, 1.54) is 24.6 Å². The highest BCUT2D eigenvalue weighted by Gasteiger charge is 2.46. The van der Waals surface area contributed by atoms with Crippen molar-refractivity contribution in [3.8, 4) is 0 Å². The highest BCUT2D eigenvalue weighted by molar-refractivity contribution is 7.90. The van der Waals surface area contributed by atoms with Crippen molar-refractivity contribution in [3.05, 3.63) is 65.9 Å². The molecule has 1 aliphatic heterocycles. The zero-order chi connectivity index (χ0) is 30.1. The van der Waals surface area contributed by atoms with Crippen LogP contribution in [0.15, 0.2) is 63.9 Å². The van der Waals surface area contributed by atoms with Gasteiger partial charge in [-0.2, -0.15) is 0 Å². The van der Waals surface area contributed by atoms with Crippen LogP contribution in [0.3, 0.4) is 0 Å². The molecule has 2 amide bonds. The summed E-state index contributed by atoms with van der Waals surface area (Å²) in [5.74, 6) is -0.572. The number of fused-ring (bicyclic) bond motifs is 1. The van der Waals surface area contributed by atoms with E-state index in [1.807, 2.05) is 25.5 Å². The third-order valence-electron chi connectivity index (χ3n) is 8.12. The van der Waals surface area contributed by atoms with Gasteiger partial charge in [0.25, 0.3) is 10.0 Å². The number of hydrogen-bond donors (Lipinski definition) is 1. The van der Waals surface area contributed by atoms with Crippen molar-refractivity contribution in [2.24, 2.45) is 11.8 Å². The van der Waals surface area contributed by atoms with Gasteiger partial charge in [-0.25, -0.2) is 17.9 Å². The maximum atomic E-state index is 13.9. The van der Waals surface area contributed by atoms with E-state index in [4.69, 9.17) is 9.15 Å². The number of carbonyl (C=O) groups excluding carboxylic acids is 3. The second-order valence-corrected chi connectivity index (χ2v) is 14.0. The van der Waals surface area contributed by atoms with E-state index in [2.05, 4.69) is 0 Å². The van der Waals surface area contributed by atoms with Crippen LogP contribution in [0.4, 0.5) is 4.79 Å². The van der Waals surface area contributed by atoms with Gasteiger partial charge in [0.1, 0.15) is 11.2 Å². The van der Waals surface area contributed by atoms with Crippen molar-refractivity contribution in [1.29, 1.82) is 0 Å². The maximum absolute atomic E-state index is 13.9. The maximum Gasteiger partial charge on any atom is 0.410 e. The summed E-state index contributed by atoms with van der Waals surface area (Å²) in [5.41, 5.74) is 0.449. The average molecular weight is 595 g/mol. The first-order valence-corrected chi connectivity index (χ1v) is 16.1. The van der Waals surface area contributed by atoms with Gasteiger partial charge in [0.2, 0.25) is 0 Å². The molecule has 5 rings (SSSR count). The zero-order valence-corrected chi connectivity index (χ0v) is 25.1. The smallest absolute Gasteiger partial charge is 0.410 e. The number of nitrogens with one attached hydrogen (secondary N) is 1. The summed E-state index contributed by atoms with van der Waals surface area (Å²) in [6.07, 6.45) is 6.09. The molecule has 0 unspecified atom stereocenters. The third-order valence-corrected chi connectivity index (χ3v) is 9.47. The highest BCUT2D eigenvalue weighted by Crippen LogP contribution is 2.40. The van der Waals surface area contributed by atoms with Crippen LogP contribution < -0.4 is 4.72 Å². The van der Waals surface area contributed by atoms with E-state index in [9.17, 15) is 22.8 Å². The second-order valence-electron chi connectivity index (χ2n) is 12.3. The molecule has 0 bridgehead atoms. The zero-order valence-electron chi connectivity index (χ0n) is 24.3. The number of sulfonamides is 1. The Bertz CT molecular complexity index is 1570. The van der Waals surface area contributed by atoms with Gasteiger partial charge >= 0.3 is 12.0 Å².